The summed E-state index contributed by atoms with van der Waals surface area (Å²) in [5, 5.41) is 6.11. The van der Waals surface area contributed by atoms with Crippen LogP contribution in [-0.2, 0) is 13.1 Å². The summed E-state index contributed by atoms with van der Waals surface area (Å²) in [4.78, 5) is 20.3. The summed E-state index contributed by atoms with van der Waals surface area (Å²) in [6.07, 6.45) is 9.19. The van der Waals surface area contributed by atoms with Gasteiger partial charge in [-0.1, -0.05) is 17.3 Å². The molecule has 5 aromatic rings. The highest BCUT2D eigenvalue weighted by atomic mass is 19.1. The molecule has 2 aliphatic heterocycles. The Labute approximate surface area is 207 Å². The summed E-state index contributed by atoms with van der Waals surface area (Å²) >= 11 is 0. The lowest BCUT2D eigenvalue weighted by atomic mass is 9.99. The molecule has 36 heavy (non-hydrogen) atoms. The molecule has 2 amide bonds. The number of amides is 2. The second-order valence-corrected chi connectivity index (χ2v) is 9.76. The van der Waals surface area contributed by atoms with Gasteiger partial charge in [-0.05, 0) is 49.1 Å². The zero-order valence-electron chi connectivity index (χ0n) is 19.8. The number of hydrogen-bond acceptors (Lipinski definition) is 3. The molecule has 3 aromatic heterocycles. The van der Waals surface area contributed by atoms with E-state index in [1.165, 1.54) is 6.42 Å². The van der Waals surface area contributed by atoms with Crippen molar-refractivity contribution in [2.75, 3.05) is 19.6 Å². The number of para-hydroxylation sites is 1. The molecule has 0 aliphatic carbocycles. The van der Waals surface area contributed by atoms with Crippen LogP contribution in [0.4, 0.5) is 9.18 Å². The van der Waals surface area contributed by atoms with E-state index in [1.54, 1.807) is 12.1 Å². The fraction of sp³-hybridized carbons (Fsp3) is 0.286. The third kappa shape index (κ3) is 3.31. The van der Waals surface area contributed by atoms with Gasteiger partial charge in [0.05, 0.1) is 5.52 Å². The van der Waals surface area contributed by atoms with Crippen LogP contribution < -0.4 is 0 Å². The van der Waals surface area contributed by atoms with E-state index in [1.807, 2.05) is 46.5 Å². The Morgan fingerprint density at radius 3 is 2.64 bits per heavy atom. The molecular formula is C28H26FN5O2. The second-order valence-electron chi connectivity index (χ2n) is 9.76. The van der Waals surface area contributed by atoms with Gasteiger partial charge in [0.1, 0.15) is 11.5 Å². The molecule has 182 valence electrons. The number of hydrogen-bond donors (Lipinski definition) is 1. The first-order chi connectivity index (χ1) is 17.7. The molecule has 1 fully saturated rings. The molecule has 7 rings (SSSR count). The number of benzene rings is 2. The molecule has 0 unspecified atom stereocenters. The molecular weight excluding hydrogens is 457 g/mol. The van der Waals surface area contributed by atoms with Crippen molar-refractivity contribution in [3.8, 4) is 22.4 Å². The number of carbonyl (C=O) groups excluding carboxylic acids is 1. The number of rotatable bonds is 2. The standard InChI is InChI=1S/C28H26FN5O2/c29-19-12-18-16-34(28(35)32-8-4-1-5-9-32)11-10-33-17-24(21(13-19)27(18)33)22-14-30-15-23(22)26-20-6-2-3-7-25(20)36-31-26/h2-3,6-7,12-15,17,30H,1,4-5,8-11,16H2. The van der Waals surface area contributed by atoms with E-state index in [0.29, 0.717) is 19.6 Å². The van der Waals surface area contributed by atoms with Crippen LogP contribution in [0.25, 0.3) is 44.3 Å². The maximum absolute atomic E-state index is 15.0. The third-order valence-corrected chi connectivity index (χ3v) is 7.55. The molecule has 8 heteroatoms. The van der Waals surface area contributed by atoms with Crippen molar-refractivity contribution in [3.63, 3.8) is 0 Å². The number of fused-ring (bicyclic) bond motifs is 1. The van der Waals surface area contributed by atoms with Crippen LogP contribution in [0.3, 0.4) is 0 Å². The molecule has 2 aliphatic rings. The summed E-state index contributed by atoms with van der Waals surface area (Å²) in [5.74, 6) is -0.298. The van der Waals surface area contributed by atoms with Gasteiger partial charge in [-0.25, -0.2) is 9.18 Å². The predicted molar refractivity (Wildman–Crippen MR) is 136 cm³/mol. The van der Waals surface area contributed by atoms with Gasteiger partial charge >= 0.3 is 6.03 Å². The van der Waals surface area contributed by atoms with E-state index in [-0.39, 0.29) is 11.8 Å². The Bertz CT molecular complexity index is 1610. The van der Waals surface area contributed by atoms with E-state index in [4.69, 9.17) is 4.52 Å². The van der Waals surface area contributed by atoms with E-state index >= 15 is 0 Å². The molecule has 2 aromatic carbocycles. The van der Waals surface area contributed by atoms with Crippen molar-refractivity contribution in [3.05, 3.63) is 66.4 Å². The molecule has 0 bridgehead atoms. The zero-order valence-corrected chi connectivity index (χ0v) is 19.8. The SMILES string of the molecule is O=C(N1CCCCC1)N1CCn2cc(-c3c[nH]cc3-c3noc4ccccc34)c3cc(F)cc(c32)C1. The number of H-pyrrole nitrogens is 1. The van der Waals surface area contributed by atoms with Crippen LogP contribution >= 0.6 is 0 Å². The Balaban J connectivity index is 1.32. The molecule has 0 atom stereocenters. The number of halogens is 1. The summed E-state index contributed by atoms with van der Waals surface area (Å²) in [5.41, 5.74) is 6.08. The summed E-state index contributed by atoms with van der Waals surface area (Å²) in [6.45, 7) is 3.25. The van der Waals surface area contributed by atoms with E-state index in [2.05, 4.69) is 20.9 Å². The van der Waals surface area contributed by atoms with Crippen LogP contribution in [0.15, 0.2) is 59.5 Å². The number of nitrogens with zero attached hydrogens (tertiary/aromatic N) is 4. The fourth-order valence-corrected chi connectivity index (χ4v) is 5.83. The fourth-order valence-electron chi connectivity index (χ4n) is 5.83. The number of aromatic nitrogens is 3. The van der Waals surface area contributed by atoms with Crippen LogP contribution in [-0.4, -0.2) is 50.2 Å². The highest BCUT2D eigenvalue weighted by molar-refractivity contribution is 6.04. The third-order valence-electron chi connectivity index (χ3n) is 7.55. The Hall–Kier alpha value is -4.07. The lowest BCUT2D eigenvalue weighted by Crippen LogP contribution is -2.45. The Morgan fingerprint density at radius 1 is 0.917 bits per heavy atom. The number of nitrogens with one attached hydrogen (secondary N) is 1. The van der Waals surface area contributed by atoms with Gasteiger partial charge in [0.2, 0.25) is 0 Å². The quantitative estimate of drug-likeness (QED) is 0.335. The van der Waals surface area contributed by atoms with Gasteiger partial charge in [-0.3, -0.25) is 0 Å². The van der Waals surface area contributed by atoms with E-state index in [9.17, 15) is 9.18 Å². The highest BCUT2D eigenvalue weighted by Gasteiger charge is 2.28. The first-order valence-electron chi connectivity index (χ1n) is 12.5. The number of carbonyl (C=O) groups is 1. The lowest BCUT2D eigenvalue weighted by Gasteiger charge is -2.32. The smallest absolute Gasteiger partial charge is 0.320 e. The van der Waals surface area contributed by atoms with Gasteiger partial charge in [0.25, 0.3) is 0 Å². The normalized spacial score (nSPS) is 16.1. The van der Waals surface area contributed by atoms with Gasteiger partial charge in [0, 0.05) is 78.8 Å². The van der Waals surface area contributed by atoms with Gasteiger partial charge in [0.15, 0.2) is 5.58 Å². The predicted octanol–water partition coefficient (Wildman–Crippen LogP) is 6.01. The Morgan fingerprint density at radius 2 is 1.75 bits per heavy atom. The highest BCUT2D eigenvalue weighted by Crippen LogP contribution is 2.41. The Kier molecular flexibility index (Phi) is 4.87. The van der Waals surface area contributed by atoms with Crippen molar-refractivity contribution >= 4 is 27.9 Å². The topological polar surface area (TPSA) is 70.3 Å². The molecule has 0 spiro atoms. The second kappa shape index (κ2) is 8.26. The molecule has 5 heterocycles. The first kappa shape index (κ1) is 21.2. The average molecular weight is 484 g/mol. The minimum atomic E-state index is -0.298. The van der Waals surface area contributed by atoms with Crippen LogP contribution in [0.5, 0.6) is 0 Å². The number of likely N-dealkylation sites (tertiary alicyclic amines) is 1. The molecule has 7 nitrogen and oxygen atoms in total. The summed E-state index contributed by atoms with van der Waals surface area (Å²) < 4.78 is 22.7. The molecule has 1 saturated heterocycles. The van der Waals surface area contributed by atoms with Crippen LogP contribution in [0.1, 0.15) is 24.8 Å². The number of piperidine rings is 1. The summed E-state index contributed by atoms with van der Waals surface area (Å²) in [6, 6.07) is 11.0. The monoisotopic (exact) mass is 483 g/mol. The largest absolute Gasteiger partial charge is 0.366 e. The molecule has 0 saturated carbocycles. The average Bonchev–Trinajstić information content (AvgIpc) is 3.60. The van der Waals surface area contributed by atoms with E-state index in [0.717, 1.165) is 75.8 Å². The van der Waals surface area contributed by atoms with Crippen LogP contribution in [0, 0.1) is 5.82 Å². The van der Waals surface area contributed by atoms with Crippen molar-refractivity contribution in [1.29, 1.82) is 0 Å². The minimum absolute atomic E-state index is 0.0592. The number of urea groups is 1. The molecule has 1 N–H and O–H groups in total. The van der Waals surface area contributed by atoms with Crippen LogP contribution in [0.2, 0.25) is 0 Å². The van der Waals surface area contributed by atoms with Gasteiger partial charge in [-0.15, -0.1) is 0 Å². The van der Waals surface area contributed by atoms with Crippen molar-refractivity contribution < 1.29 is 13.7 Å². The van der Waals surface area contributed by atoms with Gasteiger partial charge in [-0.2, -0.15) is 0 Å². The van der Waals surface area contributed by atoms with Gasteiger partial charge < -0.3 is 23.9 Å². The van der Waals surface area contributed by atoms with Crippen molar-refractivity contribution in [1.82, 2.24) is 24.5 Å². The molecule has 0 radical (unpaired) electrons. The van der Waals surface area contributed by atoms with Crippen molar-refractivity contribution in [2.24, 2.45) is 0 Å². The first-order valence-corrected chi connectivity index (χ1v) is 12.5. The minimum Gasteiger partial charge on any atom is -0.366 e. The zero-order chi connectivity index (χ0) is 24.2. The summed E-state index contributed by atoms with van der Waals surface area (Å²) in [7, 11) is 0. The van der Waals surface area contributed by atoms with Crippen molar-refractivity contribution in [2.45, 2.75) is 32.4 Å². The maximum Gasteiger partial charge on any atom is 0.320 e. The maximum atomic E-state index is 15.0. The lowest BCUT2D eigenvalue weighted by molar-refractivity contribution is 0.140. The number of aromatic amines is 1. The van der Waals surface area contributed by atoms with E-state index < -0.39 is 0 Å².